The number of nitrogens with two attached hydrogens (primary N) is 1. The summed E-state index contributed by atoms with van der Waals surface area (Å²) >= 11 is 0. The van der Waals surface area contributed by atoms with Crippen molar-refractivity contribution in [2.75, 3.05) is 0 Å². The van der Waals surface area contributed by atoms with E-state index in [1.807, 2.05) is 12.4 Å². The molecule has 4 bridgehead atoms. The molecule has 2 N–H and O–H groups in total. The van der Waals surface area contributed by atoms with Crippen molar-refractivity contribution in [2.24, 2.45) is 28.9 Å². The van der Waals surface area contributed by atoms with Gasteiger partial charge in [0.1, 0.15) is 0 Å². The Morgan fingerprint density at radius 2 is 1.60 bits per heavy atom. The van der Waals surface area contributed by atoms with Crippen LogP contribution in [0.1, 0.15) is 38.5 Å². The predicted octanol–water partition coefficient (Wildman–Crippen LogP) is 2.39. The van der Waals surface area contributed by atoms with E-state index in [0.717, 1.165) is 24.3 Å². The summed E-state index contributed by atoms with van der Waals surface area (Å²) in [7, 11) is 0. The van der Waals surface area contributed by atoms with Gasteiger partial charge in [-0.05, 0) is 61.7 Å². The molecule has 4 aliphatic carbocycles. The highest BCUT2D eigenvalue weighted by atomic mass is 16.1. The zero-order valence-corrected chi connectivity index (χ0v) is 12.0. The molecule has 0 aliphatic heterocycles. The third kappa shape index (κ3) is 2.03. The van der Waals surface area contributed by atoms with Crippen LogP contribution in [0.3, 0.4) is 0 Å². The van der Waals surface area contributed by atoms with Crippen molar-refractivity contribution < 1.29 is 0 Å². The Bertz CT molecular complexity index is 507. The fraction of sp³-hybridized carbons (Fsp3) is 0.706. The molecule has 5 rings (SSSR count). The van der Waals surface area contributed by atoms with Crippen LogP contribution >= 0.6 is 0 Å². The first-order valence-electron chi connectivity index (χ1n) is 8.05. The predicted molar refractivity (Wildman–Crippen MR) is 79.3 cm³/mol. The van der Waals surface area contributed by atoms with Crippen LogP contribution in [0.15, 0.2) is 29.3 Å². The molecule has 0 aromatic carbocycles. The lowest BCUT2D eigenvalue weighted by Gasteiger charge is -2.59. The molecular formula is C17H24N2O. The van der Waals surface area contributed by atoms with Crippen molar-refractivity contribution >= 4 is 0 Å². The van der Waals surface area contributed by atoms with Crippen LogP contribution in [0.4, 0.5) is 0 Å². The first-order valence-corrected chi connectivity index (χ1v) is 8.05. The number of aromatic nitrogens is 1. The van der Waals surface area contributed by atoms with Crippen LogP contribution in [-0.2, 0) is 6.54 Å². The van der Waals surface area contributed by atoms with Gasteiger partial charge in [0.25, 0.3) is 0 Å². The summed E-state index contributed by atoms with van der Waals surface area (Å²) in [6, 6.07) is 3.50. The minimum Gasteiger partial charge on any atom is -0.352 e. The van der Waals surface area contributed by atoms with Gasteiger partial charge in [0.15, 0.2) is 5.43 Å². The molecule has 1 unspecified atom stereocenters. The molecule has 1 heterocycles. The van der Waals surface area contributed by atoms with Crippen molar-refractivity contribution in [3.63, 3.8) is 0 Å². The number of rotatable bonds is 3. The molecule has 0 saturated heterocycles. The normalized spacial score (nSPS) is 40.0. The van der Waals surface area contributed by atoms with Gasteiger partial charge in [0, 0.05) is 37.1 Å². The number of pyridine rings is 1. The third-order valence-corrected chi connectivity index (χ3v) is 6.14. The highest BCUT2D eigenvalue weighted by Gasteiger charge is 2.53. The Morgan fingerprint density at radius 3 is 2.10 bits per heavy atom. The third-order valence-electron chi connectivity index (χ3n) is 6.14. The molecule has 4 aliphatic rings. The van der Waals surface area contributed by atoms with E-state index in [0.29, 0.717) is 5.41 Å². The largest absolute Gasteiger partial charge is 0.352 e. The van der Waals surface area contributed by atoms with Crippen molar-refractivity contribution in [3.8, 4) is 0 Å². The molecule has 3 heteroatoms. The Kier molecular flexibility index (Phi) is 2.81. The molecule has 0 amide bonds. The highest BCUT2D eigenvalue weighted by Crippen LogP contribution is 2.61. The fourth-order valence-electron chi connectivity index (χ4n) is 5.62. The first-order chi connectivity index (χ1) is 9.63. The van der Waals surface area contributed by atoms with E-state index in [4.69, 9.17) is 5.73 Å². The molecule has 1 aromatic rings. The van der Waals surface area contributed by atoms with Crippen LogP contribution in [0.25, 0.3) is 0 Å². The summed E-state index contributed by atoms with van der Waals surface area (Å²) in [5, 5.41) is 0. The van der Waals surface area contributed by atoms with Gasteiger partial charge in [-0.25, -0.2) is 0 Å². The van der Waals surface area contributed by atoms with Crippen molar-refractivity contribution in [3.05, 3.63) is 34.7 Å². The monoisotopic (exact) mass is 272 g/mol. The number of nitrogens with zero attached hydrogens (tertiary/aromatic N) is 1. The second kappa shape index (κ2) is 4.45. The Labute approximate surface area is 120 Å². The highest BCUT2D eigenvalue weighted by molar-refractivity contribution is 5.06. The summed E-state index contributed by atoms with van der Waals surface area (Å²) in [5.74, 6) is 2.84. The van der Waals surface area contributed by atoms with Gasteiger partial charge in [0.2, 0.25) is 0 Å². The number of hydrogen-bond acceptors (Lipinski definition) is 2. The van der Waals surface area contributed by atoms with Gasteiger partial charge < -0.3 is 10.3 Å². The smallest absolute Gasteiger partial charge is 0.181 e. The molecule has 1 atom stereocenters. The minimum atomic E-state index is 0.0737. The quantitative estimate of drug-likeness (QED) is 0.918. The molecular weight excluding hydrogens is 248 g/mol. The van der Waals surface area contributed by atoms with Crippen LogP contribution in [0, 0.1) is 23.2 Å². The van der Waals surface area contributed by atoms with Gasteiger partial charge in [-0.15, -0.1) is 0 Å². The molecule has 3 nitrogen and oxygen atoms in total. The maximum absolute atomic E-state index is 11.2. The lowest BCUT2D eigenvalue weighted by molar-refractivity contribution is -0.0694. The van der Waals surface area contributed by atoms with E-state index in [-0.39, 0.29) is 11.5 Å². The minimum absolute atomic E-state index is 0.0737. The molecule has 4 saturated carbocycles. The van der Waals surface area contributed by atoms with Crippen LogP contribution in [0.5, 0.6) is 0 Å². The summed E-state index contributed by atoms with van der Waals surface area (Å²) in [6.45, 7) is 0.854. The zero-order valence-electron chi connectivity index (χ0n) is 12.0. The lowest BCUT2D eigenvalue weighted by Crippen LogP contribution is -2.55. The van der Waals surface area contributed by atoms with E-state index in [2.05, 4.69) is 4.57 Å². The van der Waals surface area contributed by atoms with Crippen LogP contribution < -0.4 is 11.2 Å². The second-order valence-corrected chi connectivity index (χ2v) is 7.62. The summed E-state index contributed by atoms with van der Waals surface area (Å²) < 4.78 is 2.09. The molecule has 0 spiro atoms. The molecule has 20 heavy (non-hydrogen) atoms. The SMILES string of the molecule is NC(Cn1ccc(=O)cc1)C12CC3CC(CC(C3)C1)C2. The summed E-state index contributed by atoms with van der Waals surface area (Å²) in [5.41, 5.74) is 7.10. The average molecular weight is 272 g/mol. The van der Waals surface area contributed by atoms with E-state index < -0.39 is 0 Å². The van der Waals surface area contributed by atoms with Crippen molar-refractivity contribution in [1.29, 1.82) is 0 Å². The Hall–Kier alpha value is -1.09. The summed E-state index contributed by atoms with van der Waals surface area (Å²) in [4.78, 5) is 11.2. The molecule has 1 aromatic heterocycles. The van der Waals surface area contributed by atoms with E-state index in [9.17, 15) is 4.79 Å². The van der Waals surface area contributed by atoms with Gasteiger partial charge in [-0.1, -0.05) is 0 Å². The Morgan fingerprint density at radius 1 is 1.10 bits per heavy atom. The molecule has 108 valence electrons. The maximum atomic E-state index is 11.2. The fourth-order valence-corrected chi connectivity index (χ4v) is 5.62. The van der Waals surface area contributed by atoms with Crippen LogP contribution in [-0.4, -0.2) is 10.6 Å². The van der Waals surface area contributed by atoms with E-state index in [1.54, 1.807) is 12.1 Å². The summed E-state index contributed by atoms with van der Waals surface area (Å²) in [6.07, 6.45) is 12.2. The first kappa shape index (κ1) is 12.6. The second-order valence-electron chi connectivity index (χ2n) is 7.62. The lowest BCUT2D eigenvalue weighted by atomic mass is 9.48. The van der Waals surface area contributed by atoms with Crippen LogP contribution in [0.2, 0.25) is 0 Å². The van der Waals surface area contributed by atoms with Gasteiger partial charge in [-0.3, -0.25) is 4.79 Å². The Balaban J connectivity index is 1.54. The topological polar surface area (TPSA) is 48.0 Å². The van der Waals surface area contributed by atoms with Gasteiger partial charge in [-0.2, -0.15) is 0 Å². The van der Waals surface area contributed by atoms with Crippen molar-refractivity contribution in [2.45, 2.75) is 51.1 Å². The van der Waals surface area contributed by atoms with Gasteiger partial charge in [0.05, 0.1) is 0 Å². The molecule has 0 radical (unpaired) electrons. The standard InChI is InChI=1S/C17H24N2O/c18-16(11-19-3-1-15(20)2-4-19)17-8-12-5-13(9-17)7-14(6-12)10-17/h1-4,12-14,16H,5-11,18H2. The zero-order chi connectivity index (χ0) is 13.7. The number of hydrogen-bond donors (Lipinski definition) is 1. The average Bonchev–Trinajstić information content (AvgIpc) is 2.40. The molecule has 4 fully saturated rings. The maximum Gasteiger partial charge on any atom is 0.181 e. The van der Waals surface area contributed by atoms with Gasteiger partial charge >= 0.3 is 0 Å². The van der Waals surface area contributed by atoms with E-state index in [1.165, 1.54) is 38.5 Å². The van der Waals surface area contributed by atoms with E-state index >= 15 is 0 Å². The van der Waals surface area contributed by atoms with Crippen molar-refractivity contribution in [1.82, 2.24) is 4.57 Å².